The Bertz CT molecular complexity index is 2100. The van der Waals surface area contributed by atoms with Gasteiger partial charge >= 0.3 is 5.97 Å². The molecule has 60 heavy (non-hydrogen) atoms. The summed E-state index contributed by atoms with van der Waals surface area (Å²) in [6.45, 7) is 4.18. The second kappa shape index (κ2) is 21.7. The molecule has 5 amide bonds. The van der Waals surface area contributed by atoms with E-state index in [1.54, 1.807) is 18.2 Å². The van der Waals surface area contributed by atoms with Gasteiger partial charge < -0.3 is 36.8 Å². The Balaban J connectivity index is 1.29. The van der Waals surface area contributed by atoms with Crippen LogP contribution in [0.2, 0.25) is 0 Å². The number of β-amino-alcohol motifs (C(OH)–C–C–N with tert-alkyl or cyclic N) is 1. The van der Waals surface area contributed by atoms with Crippen LogP contribution < -0.4 is 27.0 Å². The molecule has 0 aliphatic carbocycles. The normalized spacial score (nSPS) is 17.0. The highest BCUT2D eigenvalue weighted by atomic mass is 16.5. The number of fused-ring (bicyclic) bond motifs is 1. The number of nitrogens with one attached hydrogen (secondary N) is 4. The number of hydrogen-bond acceptors (Lipinski definition) is 10. The number of methoxy groups -OCH3 is 1. The third-order valence-electron chi connectivity index (χ3n) is 10.9. The number of rotatable bonds is 20. The molecule has 5 unspecified atom stereocenters. The molecule has 7 N–H and O–H groups in total. The molecule has 1 aliphatic heterocycles. The van der Waals surface area contributed by atoms with Crippen molar-refractivity contribution in [3.05, 3.63) is 114 Å². The SMILES string of the molecule is CCC(C)C(NC(=O)C1CCCN1C[C@H](O)[C@H](Cc1ccccc1)NC(=O)C(CC(N)=O)NC(=O)c1ccc2ccccc2n1)C(=O)NC(Cc1ccccc1)C(=O)OC. The van der Waals surface area contributed by atoms with E-state index in [4.69, 9.17) is 10.5 Å². The maximum atomic E-state index is 14.0. The van der Waals surface area contributed by atoms with Crippen LogP contribution in [0.3, 0.4) is 0 Å². The molecule has 0 radical (unpaired) electrons. The number of para-hydroxylation sites is 1. The maximum Gasteiger partial charge on any atom is 0.328 e. The number of hydrogen-bond donors (Lipinski definition) is 6. The van der Waals surface area contributed by atoms with Crippen LogP contribution in [0, 0.1) is 5.92 Å². The monoisotopic (exact) mass is 821 g/mol. The quantitative estimate of drug-likeness (QED) is 0.0714. The average Bonchev–Trinajstić information content (AvgIpc) is 3.72. The predicted molar refractivity (Wildman–Crippen MR) is 225 cm³/mol. The molecule has 0 saturated carbocycles. The molecule has 0 bridgehead atoms. The number of aliphatic hydroxyl groups is 1. The molecule has 1 fully saturated rings. The number of aliphatic hydroxyl groups excluding tert-OH is 1. The number of nitrogens with zero attached hydrogens (tertiary/aromatic N) is 2. The highest BCUT2D eigenvalue weighted by Crippen LogP contribution is 2.21. The molecule has 15 nitrogen and oxygen atoms in total. The van der Waals surface area contributed by atoms with E-state index in [9.17, 15) is 33.9 Å². The zero-order valence-corrected chi connectivity index (χ0v) is 34.2. The molecule has 4 aromatic rings. The number of ether oxygens (including phenoxy) is 1. The van der Waals surface area contributed by atoms with Crippen LogP contribution in [0.25, 0.3) is 10.9 Å². The number of carbonyl (C=O) groups excluding carboxylic acids is 6. The van der Waals surface area contributed by atoms with Gasteiger partial charge in [0.2, 0.25) is 23.6 Å². The Morgan fingerprint density at radius 1 is 0.817 bits per heavy atom. The summed E-state index contributed by atoms with van der Waals surface area (Å²) in [5, 5.41) is 23.8. The standard InChI is InChI=1S/C45H55N7O8/c1-4-28(2)40(44(58)50-36(45(59)60-3)25-30-16-9-6-10-17-30)51-43(57)37-20-13-23-52(37)27-38(53)34(24-29-14-7-5-8-15-29)48-42(56)35(26-39(46)54)49-41(55)33-22-21-31-18-11-12-19-32(31)47-33/h5-12,14-19,21-22,28,34-38,40,53H,4,13,20,23-27H2,1-3H3,(H2,46,54)(H,48,56)(H,49,55)(H,50,58)(H,51,57)/t28?,34-,35?,36?,37?,38-,40?/m0/s1. The summed E-state index contributed by atoms with van der Waals surface area (Å²) in [7, 11) is 1.25. The molecule has 2 heterocycles. The zero-order chi connectivity index (χ0) is 43.2. The molecule has 1 saturated heterocycles. The predicted octanol–water partition coefficient (Wildman–Crippen LogP) is 2.19. The Morgan fingerprint density at radius 3 is 2.12 bits per heavy atom. The van der Waals surface area contributed by atoms with E-state index in [-0.39, 0.29) is 31.0 Å². The Morgan fingerprint density at radius 2 is 1.47 bits per heavy atom. The first-order valence-corrected chi connectivity index (χ1v) is 20.3. The number of primary amides is 1. The van der Waals surface area contributed by atoms with E-state index < -0.39 is 78.2 Å². The molecule has 15 heteroatoms. The van der Waals surface area contributed by atoms with Gasteiger partial charge in [-0.3, -0.25) is 28.9 Å². The van der Waals surface area contributed by atoms with Crippen molar-refractivity contribution in [2.45, 2.75) is 88.7 Å². The largest absolute Gasteiger partial charge is 0.467 e. The molecular formula is C45H55N7O8. The van der Waals surface area contributed by atoms with Crippen molar-refractivity contribution in [1.29, 1.82) is 0 Å². The van der Waals surface area contributed by atoms with E-state index in [0.717, 1.165) is 16.5 Å². The Labute approximate surface area is 349 Å². The summed E-state index contributed by atoms with van der Waals surface area (Å²) < 4.78 is 4.98. The van der Waals surface area contributed by atoms with Crippen LogP contribution >= 0.6 is 0 Å². The zero-order valence-electron chi connectivity index (χ0n) is 34.2. The summed E-state index contributed by atoms with van der Waals surface area (Å²) >= 11 is 0. The van der Waals surface area contributed by atoms with Crippen LogP contribution in [0.5, 0.6) is 0 Å². The summed E-state index contributed by atoms with van der Waals surface area (Å²) in [4.78, 5) is 86.1. The van der Waals surface area contributed by atoms with Crippen molar-refractivity contribution >= 4 is 46.4 Å². The number of aromatic nitrogens is 1. The van der Waals surface area contributed by atoms with Gasteiger partial charge in [-0.1, -0.05) is 105 Å². The fourth-order valence-electron chi connectivity index (χ4n) is 7.38. The summed E-state index contributed by atoms with van der Waals surface area (Å²) in [5.74, 6) is -4.08. The first-order chi connectivity index (χ1) is 28.9. The minimum atomic E-state index is -1.38. The van der Waals surface area contributed by atoms with Gasteiger partial charge in [-0.05, 0) is 55.0 Å². The van der Waals surface area contributed by atoms with Gasteiger partial charge in [0.15, 0.2) is 0 Å². The number of benzene rings is 3. The van der Waals surface area contributed by atoms with Crippen molar-refractivity contribution in [2.24, 2.45) is 11.7 Å². The van der Waals surface area contributed by atoms with Gasteiger partial charge in [-0.25, -0.2) is 9.78 Å². The lowest BCUT2D eigenvalue weighted by Crippen LogP contribution is -2.59. The van der Waals surface area contributed by atoms with Crippen LogP contribution in [0.15, 0.2) is 97.1 Å². The average molecular weight is 822 g/mol. The topological polar surface area (TPSA) is 222 Å². The Kier molecular flexibility index (Phi) is 16.2. The van der Waals surface area contributed by atoms with E-state index in [1.807, 2.05) is 91.5 Å². The number of nitrogens with two attached hydrogens (primary N) is 1. The third kappa shape index (κ3) is 12.4. The molecule has 0 spiro atoms. The molecule has 318 valence electrons. The summed E-state index contributed by atoms with van der Waals surface area (Å²) in [6, 6.07) is 23.9. The highest BCUT2D eigenvalue weighted by Gasteiger charge is 2.38. The fourth-order valence-corrected chi connectivity index (χ4v) is 7.38. The van der Waals surface area contributed by atoms with Gasteiger partial charge in [0.1, 0.15) is 23.8 Å². The first-order valence-electron chi connectivity index (χ1n) is 20.3. The molecule has 5 rings (SSSR count). The van der Waals surface area contributed by atoms with Gasteiger partial charge in [0, 0.05) is 18.4 Å². The van der Waals surface area contributed by atoms with E-state index >= 15 is 0 Å². The van der Waals surface area contributed by atoms with E-state index in [0.29, 0.717) is 31.3 Å². The van der Waals surface area contributed by atoms with Crippen LogP contribution in [0.4, 0.5) is 0 Å². The van der Waals surface area contributed by atoms with Crippen molar-refractivity contribution in [1.82, 2.24) is 31.2 Å². The number of pyridine rings is 1. The Hall–Kier alpha value is -6.19. The lowest BCUT2D eigenvalue weighted by atomic mass is 9.96. The molecule has 7 atom stereocenters. The highest BCUT2D eigenvalue weighted by molar-refractivity contribution is 5.99. The number of amides is 5. The van der Waals surface area contributed by atoms with Gasteiger partial charge in [0.05, 0.1) is 37.2 Å². The van der Waals surface area contributed by atoms with Gasteiger partial charge in [0.25, 0.3) is 5.91 Å². The lowest BCUT2D eigenvalue weighted by molar-refractivity contribution is -0.145. The second-order valence-corrected chi connectivity index (χ2v) is 15.3. The second-order valence-electron chi connectivity index (χ2n) is 15.3. The van der Waals surface area contributed by atoms with Crippen LogP contribution in [-0.2, 0) is 41.6 Å². The number of carbonyl (C=O) groups is 6. The molecule has 1 aromatic heterocycles. The number of esters is 1. The number of likely N-dealkylation sites (tertiary alicyclic amines) is 1. The van der Waals surface area contributed by atoms with Gasteiger partial charge in [-0.2, -0.15) is 0 Å². The van der Waals surface area contributed by atoms with E-state index in [2.05, 4.69) is 26.3 Å². The van der Waals surface area contributed by atoms with Crippen molar-refractivity contribution in [3.63, 3.8) is 0 Å². The lowest BCUT2D eigenvalue weighted by Gasteiger charge is -2.33. The van der Waals surface area contributed by atoms with Crippen LogP contribution in [-0.4, -0.2) is 107 Å². The maximum absolute atomic E-state index is 14.0. The van der Waals surface area contributed by atoms with E-state index in [1.165, 1.54) is 13.2 Å². The summed E-state index contributed by atoms with van der Waals surface area (Å²) in [6.07, 6.45) is 0.307. The first kappa shape index (κ1) is 44.9. The molecule has 3 aromatic carbocycles. The van der Waals surface area contributed by atoms with Crippen molar-refractivity contribution in [3.8, 4) is 0 Å². The minimum absolute atomic E-state index is 0.0224. The molecular weight excluding hydrogens is 767 g/mol. The van der Waals surface area contributed by atoms with Crippen molar-refractivity contribution in [2.75, 3.05) is 20.2 Å². The minimum Gasteiger partial charge on any atom is -0.467 e. The van der Waals surface area contributed by atoms with Crippen LogP contribution in [0.1, 0.15) is 61.1 Å². The van der Waals surface area contributed by atoms with Crippen molar-refractivity contribution < 1.29 is 38.6 Å². The third-order valence-corrected chi connectivity index (χ3v) is 10.9. The van der Waals surface area contributed by atoms with Gasteiger partial charge in [-0.15, -0.1) is 0 Å². The molecule has 1 aliphatic rings. The smallest absolute Gasteiger partial charge is 0.328 e. The summed E-state index contributed by atoms with van der Waals surface area (Å²) in [5.41, 5.74) is 7.76. The fraction of sp³-hybridized carbons (Fsp3) is 0.400.